The van der Waals surface area contributed by atoms with Gasteiger partial charge in [0.1, 0.15) is 12.1 Å². The second-order valence-electron chi connectivity index (χ2n) is 5.35. The number of rotatable bonds is 3. The van der Waals surface area contributed by atoms with Crippen LogP contribution in [0.2, 0.25) is 0 Å². The summed E-state index contributed by atoms with van der Waals surface area (Å²) in [5.74, 6) is -0.171. The molecule has 3 aromatic rings. The quantitative estimate of drug-likeness (QED) is 0.787. The summed E-state index contributed by atoms with van der Waals surface area (Å²) in [5.41, 5.74) is -0.230. The van der Waals surface area contributed by atoms with E-state index < -0.39 is 29.8 Å². The average molecular weight is 351 g/mol. The van der Waals surface area contributed by atoms with Crippen LogP contribution in [-0.2, 0) is 17.5 Å². The molecule has 9 heteroatoms. The van der Waals surface area contributed by atoms with Crippen molar-refractivity contribution in [2.24, 2.45) is 0 Å². The summed E-state index contributed by atoms with van der Waals surface area (Å²) in [6, 6.07) is 6.21. The van der Waals surface area contributed by atoms with Crippen LogP contribution in [0.15, 0.2) is 45.7 Å². The van der Waals surface area contributed by atoms with E-state index in [2.05, 4.69) is 10.3 Å². The minimum absolute atomic E-state index is 0.394. The summed E-state index contributed by atoms with van der Waals surface area (Å²) in [6.07, 6.45) is -3.98. The maximum absolute atomic E-state index is 12.7. The molecule has 0 spiro atoms. The third kappa shape index (κ3) is 3.70. The van der Waals surface area contributed by atoms with Crippen LogP contribution in [-0.4, -0.2) is 15.5 Å². The van der Waals surface area contributed by atoms with Crippen molar-refractivity contribution in [1.29, 1.82) is 0 Å². The molecule has 0 aliphatic carbocycles. The van der Waals surface area contributed by atoms with Crippen LogP contribution in [0.25, 0.3) is 11.1 Å². The van der Waals surface area contributed by atoms with E-state index in [0.717, 1.165) is 6.07 Å². The molecule has 6 nitrogen and oxygen atoms in total. The first-order chi connectivity index (χ1) is 11.7. The summed E-state index contributed by atoms with van der Waals surface area (Å²) >= 11 is 0. The van der Waals surface area contributed by atoms with Gasteiger partial charge >= 0.3 is 6.18 Å². The van der Waals surface area contributed by atoms with E-state index in [1.54, 1.807) is 25.1 Å². The first-order valence-electron chi connectivity index (χ1n) is 7.17. The number of carbonyl (C=O) groups is 1. The lowest BCUT2D eigenvalue weighted by atomic mass is 10.2. The number of fused-ring (bicyclic) bond motifs is 1. The van der Waals surface area contributed by atoms with Gasteiger partial charge in [0.2, 0.25) is 5.91 Å². The van der Waals surface area contributed by atoms with Gasteiger partial charge in [0.15, 0.2) is 11.5 Å². The average Bonchev–Trinajstić information content (AvgIpc) is 2.87. The molecule has 0 aliphatic rings. The van der Waals surface area contributed by atoms with Gasteiger partial charge in [0.05, 0.1) is 5.56 Å². The van der Waals surface area contributed by atoms with E-state index in [1.165, 1.54) is 0 Å². The largest absolute Gasteiger partial charge is 0.441 e. The summed E-state index contributed by atoms with van der Waals surface area (Å²) in [5, 5.41) is 2.52. The van der Waals surface area contributed by atoms with Gasteiger partial charge < -0.3 is 14.3 Å². The van der Waals surface area contributed by atoms with E-state index in [4.69, 9.17) is 4.42 Å². The highest BCUT2D eigenvalue weighted by Crippen LogP contribution is 2.28. The minimum atomic E-state index is -4.60. The molecule has 1 N–H and O–H groups in total. The Labute approximate surface area is 138 Å². The number of anilines is 1. The Hall–Kier alpha value is -3.10. The number of halogens is 3. The molecule has 0 aliphatic heterocycles. The van der Waals surface area contributed by atoms with Crippen molar-refractivity contribution < 1.29 is 22.4 Å². The lowest BCUT2D eigenvalue weighted by molar-refractivity contribution is -0.138. The molecular formula is C16H12F3N3O3. The van der Waals surface area contributed by atoms with Gasteiger partial charge in [0, 0.05) is 24.9 Å². The van der Waals surface area contributed by atoms with Crippen LogP contribution in [0.5, 0.6) is 0 Å². The molecule has 130 valence electrons. The predicted molar refractivity (Wildman–Crippen MR) is 83.1 cm³/mol. The fourth-order valence-corrected chi connectivity index (χ4v) is 2.30. The number of alkyl halides is 3. The normalized spacial score (nSPS) is 11.7. The summed E-state index contributed by atoms with van der Waals surface area (Å²) in [7, 11) is 0. The number of nitrogens with zero attached hydrogens (tertiary/aromatic N) is 2. The number of amides is 1. The van der Waals surface area contributed by atoms with Gasteiger partial charge in [0.25, 0.3) is 5.56 Å². The molecule has 0 radical (unpaired) electrons. The van der Waals surface area contributed by atoms with Crippen LogP contribution < -0.4 is 10.9 Å². The number of pyridine rings is 1. The van der Waals surface area contributed by atoms with Crippen molar-refractivity contribution in [2.45, 2.75) is 19.6 Å². The van der Waals surface area contributed by atoms with E-state index in [0.29, 0.717) is 39.5 Å². The number of hydrogen-bond donors (Lipinski definition) is 1. The lowest BCUT2D eigenvalue weighted by Crippen LogP contribution is -2.28. The highest BCUT2D eigenvalue weighted by molar-refractivity contribution is 5.92. The zero-order chi connectivity index (χ0) is 18.2. The molecule has 0 saturated heterocycles. The monoisotopic (exact) mass is 351 g/mol. The van der Waals surface area contributed by atoms with Crippen LogP contribution in [0.3, 0.4) is 0 Å². The van der Waals surface area contributed by atoms with Gasteiger partial charge in [-0.1, -0.05) is 0 Å². The van der Waals surface area contributed by atoms with Crippen molar-refractivity contribution >= 4 is 22.7 Å². The third-order valence-electron chi connectivity index (χ3n) is 3.40. The van der Waals surface area contributed by atoms with E-state index >= 15 is 0 Å². The Morgan fingerprint density at radius 2 is 2.04 bits per heavy atom. The fraction of sp³-hybridized carbons (Fsp3) is 0.188. The van der Waals surface area contributed by atoms with Gasteiger partial charge in [-0.3, -0.25) is 9.59 Å². The SMILES string of the molecule is Cc1nc2cc(NC(=O)Cn3cc(C(F)(F)F)ccc3=O)ccc2o1. The smallest absolute Gasteiger partial charge is 0.417 e. The summed E-state index contributed by atoms with van der Waals surface area (Å²) in [4.78, 5) is 27.8. The van der Waals surface area contributed by atoms with Crippen LogP contribution in [0.4, 0.5) is 18.9 Å². The molecular weight excluding hydrogens is 339 g/mol. The van der Waals surface area contributed by atoms with E-state index in [1.807, 2.05) is 0 Å². The topological polar surface area (TPSA) is 77.1 Å². The van der Waals surface area contributed by atoms with Gasteiger partial charge in [-0.2, -0.15) is 13.2 Å². The Balaban J connectivity index is 1.78. The molecule has 0 atom stereocenters. The Bertz CT molecular complexity index is 1010. The fourth-order valence-electron chi connectivity index (χ4n) is 2.30. The summed E-state index contributed by atoms with van der Waals surface area (Å²) < 4.78 is 44.1. The van der Waals surface area contributed by atoms with Crippen LogP contribution >= 0.6 is 0 Å². The highest BCUT2D eigenvalue weighted by atomic mass is 19.4. The van der Waals surface area contributed by atoms with Crippen molar-refractivity contribution in [2.75, 3.05) is 5.32 Å². The second kappa shape index (κ2) is 6.08. The molecule has 2 heterocycles. The number of oxazole rings is 1. The van der Waals surface area contributed by atoms with E-state index in [9.17, 15) is 22.8 Å². The van der Waals surface area contributed by atoms with Crippen molar-refractivity contribution in [3.63, 3.8) is 0 Å². The molecule has 0 bridgehead atoms. The highest BCUT2D eigenvalue weighted by Gasteiger charge is 2.31. The number of aryl methyl sites for hydroxylation is 1. The zero-order valence-electron chi connectivity index (χ0n) is 12.9. The minimum Gasteiger partial charge on any atom is -0.441 e. The van der Waals surface area contributed by atoms with Crippen molar-refractivity contribution in [3.8, 4) is 0 Å². The Kier molecular flexibility index (Phi) is 4.07. The predicted octanol–water partition coefficient (Wildman–Crippen LogP) is 2.96. The number of hydrogen-bond acceptors (Lipinski definition) is 4. The van der Waals surface area contributed by atoms with E-state index in [-0.39, 0.29) is 0 Å². The Morgan fingerprint density at radius 1 is 1.28 bits per heavy atom. The summed E-state index contributed by atoms with van der Waals surface area (Å²) in [6.45, 7) is 1.14. The number of nitrogens with one attached hydrogen (secondary N) is 1. The maximum Gasteiger partial charge on any atom is 0.417 e. The number of aromatic nitrogens is 2. The van der Waals surface area contributed by atoms with Crippen molar-refractivity contribution in [3.05, 3.63) is 58.3 Å². The first kappa shape index (κ1) is 16.7. The molecule has 0 fully saturated rings. The Morgan fingerprint density at radius 3 is 2.76 bits per heavy atom. The molecule has 3 rings (SSSR count). The zero-order valence-corrected chi connectivity index (χ0v) is 12.9. The molecule has 1 amide bonds. The molecule has 25 heavy (non-hydrogen) atoms. The molecule has 1 aromatic carbocycles. The molecule has 0 saturated carbocycles. The molecule has 2 aromatic heterocycles. The first-order valence-corrected chi connectivity index (χ1v) is 7.17. The van der Waals surface area contributed by atoms with Crippen molar-refractivity contribution in [1.82, 2.24) is 9.55 Å². The second-order valence-corrected chi connectivity index (χ2v) is 5.35. The van der Waals surface area contributed by atoms with Crippen LogP contribution in [0, 0.1) is 6.92 Å². The van der Waals surface area contributed by atoms with Crippen LogP contribution in [0.1, 0.15) is 11.5 Å². The number of benzene rings is 1. The third-order valence-corrected chi connectivity index (χ3v) is 3.40. The van der Waals surface area contributed by atoms with Gasteiger partial charge in [-0.05, 0) is 24.3 Å². The molecule has 0 unspecified atom stereocenters. The number of carbonyl (C=O) groups excluding carboxylic acids is 1. The maximum atomic E-state index is 12.7. The standard InChI is InChI=1S/C16H12F3N3O3/c1-9-20-12-6-11(3-4-13(12)25-9)21-14(23)8-22-7-10(16(17,18)19)2-5-15(22)24/h2-7H,8H2,1H3,(H,21,23). The van der Waals surface area contributed by atoms with Gasteiger partial charge in [-0.15, -0.1) is 0 Å². The van der Waals surface area contributed by atoms with Gasteiger partial charge in [-0.25, -0.2) is 4.98 Å². The lowest BCUT2D eigenvalue weighted by Gasteiger charge is -2.11.